The summed E-state index contributed by atoms with van der Waals surface area (Å²) in [4.78, 5) is 0.935. The molecule has 0 saturated carbocycles. The predicted octanol–water partition coefficient (Wildman–Crippen LogP) is 3.96. The minimum atomic E-state index is 0.737. The molecule has 2 aromatic rings. The summed E-state index contributed by atoms with van der Waals surface area (Å²) in [6.07, 6.45) is 0. The molecule has 70 valence electrons. The van der Waals surface area contributed by atoms with E-state index in [0.29, 0.717) is 0 Å². The van der Waals surface area contributed by atoms with Crippen molar-refractivity contribution in [3.05, 3.63) is 28.6 Å². The SMILES string of the molecule is N#Cc1csc2cc(CBr)c(S)cc12. The number of thiol groups is 1. The van der Waals surface area contributed by atoms with Gasteiger partial charge in [0.15, 0.2) is 0 Å². The highest BCUT2D eigenvalue weighted by Crippen LogP contribution is 2.30. The van der Waals surface area contributed by atoms with Crippen LogP contribution in [0.4, 0.5) is 0 Å². The van der Waals surface area contributed by atoms with Crippen LogP contribution in [0.1, 0.15) is 11.1 Å². The molecule has 1 aromatic carbocycles. The van der Waals surface area contributed by atoms with Crippen molar-refractivity contribution in [2.75, 3.05) is 0 Å². The largest absolute Gasteiger partial charge is 0.192 e. The molecule has 0 fully saturated rings. The average molecular weight is 284 g/mol. The van der Waals surface area contributed by atoms with Crippen LogP contribution in [0.25, 0.3) is 10.1 Å². The Hall–Kier alpha value is -0.500. The lowest BCUT2D eigenvalue weighted by atomic mass is 10.1. The first-order chi connectivity index (χ1) is 6.76. The minimum absolute atomic E-state index is 0.737. The van der Waals surface area contributed by atoms with E-state index in [2.05, 4.69) is 40.7 Å². The normalized spacial score (nSPS) is 10.4. The number of hydrogen-bond donors (Lipinski definition) is 1. The molecule has 0 amide bonds. The summed E-state index contributed by atoms with van der Waals surface area (Å²) in [5.74, 6) is 0. The number of benzene rings is 1. The molecule has 0 unspecified atom stereocenters. The minimum Gasteiger partial charge on any atom is -0.192 e. The number of thiophene rings is 1. The van der Waals surface area contributed by atoms with Gasteiger partial charge >= 0.3 is 0 Å². The van der Waals surface area contributed by atoms with E-state index in [-0.39, 0.29) is 0 Å². The van der Waals surface area contributed by atoms with Gasteiger partial charge in [-0.25, -0.2) is 0 Å². The smallest absolute Gasteiger partial charge is 0.101 e. The number of alkyl halides is 1. The first-order valence-corrected chi connectivity index (χ1v) is 6.40. The highest BCUT2D eigenvalue weighted by atomic mass is 79.9. The summed E-state index contributed by atoms with van der Waals surface area (Å²) in [6, 6.07) is 6.22. The zero-order valence-electron chi connectivity index (χ0n) is 7.12. The van der Waals surface area contributed by atoms with Gasteiger partial charge in [-0.2, -0.15) is 5.26 Å². The van der Waals surface area contributed by atoms with Crippen LogP contribution in [-0.2, 0) is 5.33 Å². The molecule has 1 heterocycles. The van der Waals surface area contributed by atoms with Crippen LogP contribution in [0.15, 0.2) is 22.4 Å². The fraction of sp³-hybridized carbons (Fsp3) is 0.100. The highest BCUT2D eigenvalue weighted by molar-refractivity contribution is 9.08. The third kappa shape index (κ3) is 1.56. The number of nitrogens with zero attached hydrogens (tertiary/aromatic N) is 1. The van der Waals surface area contributed by atoms with E-state index in [1.807, 2.05) is 11.4 Å². The molecule has 0 radical (unpaired) electrons. The van der Waals surface area contributed by atoms with Crippen molar-refractivity contribution in [1.29, 1.82) is 5.26 Å². The van der Waals surface area contributed by atoms with E-state index in [1.54, 1.807) is 11.3 Å². The summed E-state index contributed by atoms with van der Waals surface area (Å²) < 4.78 is 1.15. The van der Waals surface area contributed by atoms with Gasteiger partial charge in [-0.05, 0) is 17.7 Å². The van der Waals surface area contributed by atoms with Crippen LogP contribution < -0.4 is 0 Å². The van der Waals surface area contributed by atoms with Gasteiger partial charge in [0.1, 0.15) is 6.07 Å². The van der Waals surface area contributed by atoms with Crippen LogP contribution in [0.3, 0.4) is 0 Å². The number of rotatable bonds is 1. The molecular weight excluding hydrogens is 278 g/mol. The van der Waals surface area contributed by atoms with Gasteiger partial charge < -0.3 is 0 Å². The van der Waals surface area contributed by atoms with Gasteiger partial charge in [0.2, 0.25) is 0 Å². The first-order valence-electron chi connectivity index (χ1n) is 3.95. The van der Waals surface area contributed by atoms with Gasteiger partial charge in [-0.3, -0.25) is 0 Å². The topological polar surface area (TPSA) is 23.8 Å². The average Bonchev–Trinajstić information content (AvgIpc) is 2.58. The molecule has 0 spiro atoms. The molecule has 1 aromatic heterocycles. The monoisotopic (exact) mass is 283 g/mol. The maximum atomic E-state index is 8.86. The van der Waals surface area contributed by atoms with E-state index in [1.165, 1.54) is 0 Å². The fourth-order valence-corrected chi connectivity index (χ4v) is 3.18. The second kappa shape index (κ2) is 3.93. The van der Waals surface area contributed by atoms with Gasteiger partial charge in [-0.1, -0.05) is 15.9 Å². The maximum absolute atomic E-state index is 8.86. The first kappa shape index (κ1) is 10.0. The lowest BCUT2D eigenvalue weighted by Crippen LogP contribution is -1.80. The predicted molar refractivity (Wildman–Crippen MR) is 66.4 cm³/mol. The molecule has 0 aliphatic carbocycles. The van der Waals surface area contributed by atoms with Crippen LogP contribution in [-0.4, -0.2) is 0 Å². The Morgan fingerprint density at radius 3 is 2.93 bits per heavy atom. The summed E-state index contributed by atoms with van der Waals surface area (Å²) in [5.41, 5.74) is 1.90. The Bertz CT molecular complexity index is 525. The van der Waals surface area contributed by atoms with Crippen molar-refractivity contribution >= 4 is 50.0 Å². The number of halogens is 1. The van der Waals surface area contributed by atoms with E-state index in [0.717, 1.165) is 31.4 Å². The maximum Gasteiger partial charge on any atom is 0.101 e. The molecule has 4 heteroatoms. The van der Waals surface area contributed by atoms with E-state index in [9.17, 15) is 0 Å². The lowest BCUT2D eigenvalue weighted by Gasteiger charge is -2.00. The van der Waals surface area contributed by atoms with Crippen LogP contribution in [0, 0.1) is 11.3 Å². The van der Waals surface area contributed by atoms with Crippen molar-refractivity contribution in [2.45, 2.75) is 10.2 Å². The van der Waals surface area contributed by atoms with Gasteiger partial charge in [-0.15, -0.1) is 24.0 Å². The van der Waals surface area contributed by atoms with E-state index in [4.69, 9.17) is 5.26 Å². The molecular formula is C10H6BrNS2. The third-order valence-electron chi connectivity index (χ3n) is 2.04. The van der Waals surface area contributed by atoms with Crippen LogP contribution in [0.5, 0.6) is 0 Å². The van der Waals surface area contributed by atoms with E-state index < -0.39 is 0 Å². The second-order valence-corrected chi connectivity index (χ2v) is 4.83. The number of fused-ring (bicyclic) bond motifs is 1. The molecule has 0 saturated heterocycles. The molecule has 0 atom stereocenters. The molecule has 0 aliphatic rings. The fourth-order valence-electron chi connectivity index (χ4n) is 1.30. The third-order valence-corrected chi connectivity index (χ3v) is 4.00. The number of nitriles is 1. The summed E-state index contributed by atoms with van der Waals surface area (Å²) in [7, 11) is 0. The van der Waals surface area contributed by atoms with E-state index >= 15 is 0 Å². The van der Waals surface area contributed by atoms with Crippen molar-refractivity contribution in [3.8, 4) is 6.07 Å². The summed E-state index contributed by atoms with van der Waals surface area (Å²) in [5, 5.41) is 12.5. The molecule has 14 heavy (non-hydrogen) atoms. The van der Waals surface area contributed by atoms with Crippen molar-refractivity contribution in [3.63, 3.8) is 0 Å². The summed E-state index contributed by atoms with van der Waals surface area (Å²) in [6.45, 7) is 0. The van der Waals surface area contributed by atoms with Crippen LogP contribution >= 0.6 is 39.9 Å². The molecule has 0 N–H and O–H groups in total. The van der Waals surface area contributed by atoms with Gasteiger partial charge in [0, 0.05) is 25.7 Å². The molecule has 0 bridgehead atoms. The van der Waals surface area contributed by atoms with Gasteiger partial charge in [0.05, 0.1) is 5.56 Å². The Kier molecular flexibility index (Phi) is 2.82. The summed E-state index contributed by atoms with van der Waals surface area (Å²) >= 11 is 9.39. The molecule has 1 nitrogen and oxygen atoms in total. The van der Waals surface area contributed by atoms with Crippen molar-refractivity contribution < 1.29 is 0 Å². The van der Waals surface area contributed by atoms with Crippen LogP contribution in [0.2, 0.25) is 0 Å². The molecule has 2 rings (SSSR count). The van der Waals surface area contributed by atoms with Crippen molar-refractivity contribution in [2.24, 2.45) is 0 Å². The molecule has 0 aliphatic heterocycles. The zero-order chi connectivity index (χ0) is 10.1. The highest BCUT2D eigenvalue weighted by Gasteiger charge is 2.06. The Morgan fingerprint density at radius 2 is 2.29 bits per heavy atom. The quantitative estimate of drug-likeness (QED) is 0.622. The zero-order valence-corrected chi connectivity index (χ0v) is 10.4. The second-order valence-electron chi connectivity index (χ2n) is 2.87. The number of hydrogen-bond acceptors (Lipinski definition) is 3. The lowest BCUT2D eigenvalue weighted by molar-refractivity contribution is 1.32. The standard InChI is InChI=1S/C10H6BrNS2/c11-3-6-1-10-8(2-9(6)13)7(4-12)5-14-10/h1-2,5,13H,3H2. The Labute approximate surface area is 99.9 Å². The van der Waals surface area contributed by atoms with Gasteiger partial charge in [0.25, 0.3) is 0 Å². The Morgan fingerprint density at radius 1 is 1.50 bits per heavy atom. The Balaban J connectivity index is 2.77. The van der Waals surface area contributed by atoms with Crippen molar-refractivity contribution in [1.82, 2.24) is 0 Å².